The molecule has 0 amide bonds. The first-order valence-corrected chi connectivity index (χ1v) is 21.5. The van der Waals surface area contributed by atoms with Gasteiger partial charge in [-0.25, -0.2) is 0 Å². The van der Waals surface area contributed by atoms with Gasteiger partial charge in [-0.05, 0) is 100 Å². The van der Waals surface area contributed by atoms with Crippen LogP contribution in [0.2, 0.25) is 18.1 Å². The van der Waals surface area contributed by atoms with Crippen LogP contribution in [0.1, 0.15) is 91.9 Å². The summed E-state index contributed by atoms with van der Waals surface area (Å²) in [6.07, 6.45) is 16.3. The van der Waals surface area contributed by atoms with E-state index in [4.69, 9.17) is 32.8 Å². The molecule has 2 heterocycles. The molecule has 0 bridgehead atoms. The number of carbonyl (C=O) groups excluding carboxylic acids is 1. The van der Waals surface area contributed by atoms with Gasteiger partial charge in [0.05, 0.1) is 6.10 Å². The lowest BCUT2D eigenvalue weighted by atomic mass is 9.89. The number of allylic oxidation sites excluding steroid dienone is 1. The standard InChI is InChI=1S/C40H62O8Si/c1-31(41)46-36-29-37(48-39-23-15-18-27-43-39)35(34(36)21-13-8-7-9-16-28-45-49(5,6)40(2,3)4)25-24-33(47-38-22-14-17-26-42-38)30-44-32-19-11-10-12-20-32/h7,10-13,19-20,24-25,33-39H,9,14-18,21-23,26-30H2,1-6H3/b25-24+/t8?,33-,34-,35-,36+,37-,38?,39?/m1/s1. The van der Waals surface area contributed by atoms with E-state index in [1.54, 1.807) is 0 Å². The third-order valence-corrected chi connectivity index (χ3v) is 14.7. The van der Waals surface area contributed by atoms with Crippen molar-refractivity contribution in [2.75, 3.05) is 26.4 Å². The van der Waals surface area contributed by atoms with Crippen LogP contribution in [-0.2, 0) is 32.9 Å². The third kappa shape index (κ3) is 13.4. The average molecular weight is 699 g/mol. The van der Waals surface area contributed by atoms with Crippen molar-refractivity contribution in [3.63, 3.8) is 0 Å². The molecule has 0 N–H and O–H groups in total. The second kappa shape index (κ2) is 20.0. The van der Waals surface area contributed by atoms with Gasteiger partial charge in [-0.15, -0.1) is 5.73 Å². The van der Waals surface area contributed by atoms with Gasteiger partial charge in [-0.2, -0.15) is 0 Å². The summed E-state index contributed by atoms with van der Waals surface area (Å²) in [4.78, 5) is 12.3. The first-order chi connectivity index (χ1) is 23.5. The summed E-state index contributed by atoms with van der Waals surface area (Å²) in [5, 5.41) is 0.211. The zero-order valence-electron chi connectivity index (χ0n) is 30.9. The van der Waals surface area contributed by atoms with Gasteiger partial charge in [0.25, 0.3) is 0 Å². The predicted octanol–water partition coefficient (Wildman–Crippen LogP) is 8.92. The van der Waals surface area contributed by atoms with E-state index in [1.807, 2.05) is 30.3 Å². The summed E-state index contributed by atoms with van der Waals surface area (Å²) < 4.78 is 43.4. The Balaban J connectivity index is 1.48. The third-order valence-electron chi connectivity index (χ3n) is 10.2. The number of hydrogen-bond acceptors (Lipinski definition) is 8. The maximum atomic E-state index is 12.3. The Morgan fingerprint density at radius 3 is 2.37 bits per heavy atom. The molecule has 7 atom stereocenters. The van der Waals surface area contributed by atoms with Gasteiger partial charge in [-0.1, -0.05) is 51.1 Å². The van der Waals surface area contributed by atoms with E-state index in [0.29, 0.717) is 32.7 Å². The molecule has 3 fully saturated rings. The summed E-state index contributed by atoms with van der Waals surface area (Å²) in [7, 11) is -1.74. The van der Waals surface area contributed by atoms with E-state index in [1.165, 1.54) is 6.92 Å². The van der Waals surface area contributed by atoms with Crippen LogP contribution in [0.25, 0.3) is 0 Å². The molecule has 4 rings (SSSR count). The van der Waals surface area contributed by atoms with Gasteiger partial charge in [-0.3, -0.25) is 4.79 Å². The lowest BCUT2D eigenvalue weighted by molar-refractivity contribution is -0.193. The molecular formula is C40H62O8Si. The highest BCUT2D eigenvalue weighted by molar-refractivity contribution is 6.74. The second-order valence-electron chi connectivity index (χ2n) is 15.1. The topological polar surface area (TPSA) is 81.7 Å². The van der Waals surface area contributed by atoms with Crippen LogP contribution in [0.15, 0.2) is 60.4 Å². The van der Waals surface area contributed by atoms with Gasteiger partial charge in [0, 0.05) is 45.0 Å². The maximum absolute atomic E-state index is 12.3. The van der Waals surface area contributed by atoms with Crippen LogP contribution in [0.4, 0.5) is 0 Å². The highest BCUT2D eigenvalue weighted by Gasteiger charge is 2.45. The number of ether oxygens (including phenoxy) is 6. The Morgan fingerprint density at radius 1 is 1.00 bits per heavy atom. The predicted molar refractivity (Wildman–Crippen MR) is 195 cm³/mol. The fourth-order valence-corrected chi connectivity index (χ4v) is 7.46. The van der Waals surface area contributed by atoms with Gasteiger partial charge in [0.15, 0.2) is 20.9 Å². The molecule has 2 aliphatic heterocycles. The Labute approximate surface area is 296 Å². The summed E-state index contributed by atoms with van der Waals surface area (Å²) >= 11 is 0. The Bertz CT molecular complexity index is 1190. The summed E-state index contributed by atoms with van der Waals surface area (Å²) in [6, 6.07) is 9.79. The average Bonchev–Trinajstić information content (AvgIpc) is 3.38. The van der Waals surface area contributed by atoms with E-state index in [9.17, 15) is 4.79 Å². The van der Waals surface area contributed by atoms with Crippen LogP contribution in [0, 0.1) is 11.8 Å². The molecular weight excluding hydrogens is 637 g/mol. The minimum Gasteiger partial charge on any atom is -0.491 e. The van der Waals surface area contributed by atoms with Crippen molar-refractivity contribution >= 4 is 14.3 Å². The highest BCUT2D eigenvalue weighted by atomic mass is 28.4. The van der Waals surface area contributed by atoms with Crippen LogP contribution < -0.4 is 4.74 Å². The van der Waals surface area contributed by atoms with Crippen molar-refractivity contribution in [3.8, 4) is 5.75 Å². The summed E-state index contributed by atoms with van der Waals surface area (Å²) in [6.45, 7) is 15.4. The van der Waals surface area contributed by atoms with Crippen molar-refractivity contribution < 1.29 is 37.6 Å². The Hall–Kier alpha value is -2.23. The molecule has 49 heavy (non-hydrogen) atoms. The van der Waals surface area contributed by atoms with Crippen LogP contribution in [0.5, 0.6) is 5.75 Å². The normalized spacial score (nSPS) is 27.0. The molecule has 1 aromatic rings. The smallest absolute Gasteiger partial charge is 0.302 e. The van der Waals surface area contributed by atoms with Crippen LogP contribution in [-0.4, -0.2) is 71.6 Å². The molecule has 274 valence electrons. The van der Waals surface area contributed by atoms with Gasteiger partial charge < -0.3 is 32.8 Å². The molecule has 1 saturated carbocycles. The lowest BCUT2D eigenvalue weighted by Crippen LogP contribution is -2.40. The van der Waals surface area contributed by atoms with E-state index >= 15 is 0 Å². The van der Waals surface area contributed by atoms with Crippen molar-refractivity contribution in [1.29, 1.82) is 0 Å². The summed E-state index contributed by atoms with van der Waals surface area (Å²) in [5.74, 6) is 0.501. The molecule has 0 aromatic heterocycles. The first-order valence-electron chi connectivity index (χ1n) is 18.6. The van der Waals surface area contributed by atoms with Crippen molar-refractivity contribution in [2.24, 2.45) is 11.8 Å². The van der Waals surface area contributed by atoms with E-state index in [0.717, 1.165) is 63.7 Å². The Kier molecular flexibility index (Phi) is 16.1. The number of para-hydroxylation sites is 1. The van der Waals surface area contributed by atoms with E-state index in [-0.39, 0.29) is 53.7 Å². The van der Waals surface area contributed by atoms with Gasteiger partial charge >= 0.3 is 5.97 Å². The van der Waals surface area contributed by atoms with E-state index in [2.05, 4.69) is 63.9 Å². The lowest BCUT2D eigenvalue weighted by Gasteiger charge is -2.36. The van der Waals surface area contributed by atoms with Gasteiger partial charge in [0.1, 0.15) is 24.6 Å². The molecule has 9 heteroatoms. The quantitative estimate of drug-likeness (QED) is 0.0525. The molecule has 1 aliphatic carbocycles. The fraction of sp³-hybridized carbons (Fsp3) is 0.700. The first kappa shape index (κ1) is 39.6. The van der Waals surface area contributed by atoms with Gasteiger partial charge in [0.2, 0.25) is 0 Å². The number of rotatable bonds is 17. The van der Waals surface area contributed by atoms with Crippen molar-refractivity contribution in [3.05, 3.63) is 60.4 Å². The Morgan fingerprint density at radius 2 is 1.71 bits per heavy atom. The van der Waals surface area contributed by atoms with Crippen LogP contribution >= 0.6 is 0 Å². The molecule has 0 spiro atoms. The zero-order valence-corrected chi connectivity index (χ0v) is 31.9. The molecule has 3 aliphatic rings. The second-order valence-corrected chi connectivity index (χ2v) is 19.9. The minimum atomic E-state index is -1.74. The number of benzene rings is 1. The zero-order chi connectivity index (χ0) is 35.1. The minimum absolute atomic E-state index is 0.0122. The monoisotopic (exact) mass is 698 g/mol. The molecule has 2 saturated heterocycles. The molecule has 2 unspecified atom stereocenters. The number of esters is 1. The maximum Gasteiger partial charge on any atom is 0.302 e. The van der Waals surface area contributed by atoms with Crippen LogP contribution in [0.3, 0.4) is 0 Å². The summed E-state index contributed by atoms with van der Waals surface area (Å²) in [5.41, 5.74) is 3.40. The van der Waals surface area contributed by atoms with Crippen molar-refractivity contribution in [1.82, 2.24) is 0 Å². The number of hydrogen-bond donors (Lipinski definition) is 0. The fourth-order valence-electron chi connectivity index (χ4n) is 6.37. The molecule has 0 radical (unpaired) electrons. The highest BCUT2D eigenvalue weighted by Crippen LogP contribution is 2.41. The SMILES string of the molecule is CC(=O)O[C@H]1C[C@@H](OC2CCCCO2)[C@H](/C=C/[C@H](COc2ccccc2)OC2CCCCO2)[C@H]1CC=C=CCCCO[Si](C)(C)C(C)(C)C. The molecule has 8 nitrogen and oxygen atoms in total. The number of carbonyl (C=O) groups is 1. The van der Waals surface area contributed by atoms with Crippen molar-refractivity contribution in [2.45, 2.75) is 141 Å². The number of unbranched alkanes of at least 4 members (excludes halogenated alkanes) is 1. The largest absolute Gasteiger partial charge is 0.491 e. The molecule has 1 aromatic carbocycles. The van der Waals surface area contributed by atoms with E-state index < -0.39 is 8.32 Å².